The lowest BCUT2D eigenvalue weighted by Crippen LogP contribution is -2.37. The number of carbonyl (C=O) groups is 2. The van der Waals surface area contributed by atoms with Gasteiger partial charge in [0.05, 0.1) is 38.2 Å². The van der Waals surface area contributed by atoms with Crippen LogP contribution in [0.15, 0.2) is 34.9 Å². The van der Waals surface area contributed by atoms with Gasteiger partial charge >= 0.3 is 12.5 Å². The van der Waals surface area contributed by atoms with Gasteiger partial charge in [-0.25, -0.2) is 13.6 Å². The standard InChI is InChI=1S/C21H22F4N4O5/c22-16-8-13(29-12-15(34-21(29)31)10-26-20(30)19(24)25)9-17(23)18(16)27-3-4-28(33-7-5-27)11-14-2-1-6-32-14/h1-2,6,8-9,15,19H,3-5,7,10-12H2,(H,26,30)/t15-/m0/s1. The Labute approximate surface area is 191 Å². The van der Waals surface area contributed by atoms with E-state index in [4.69, 9.17) is 14.0 Å². The van der Waals surface area contributed by atoms with E-state index < -0.39 is 36.2 Å². The molecular weight excluding hydrogens is 464 g/mol. The summed E-state index contributed by atoms with van der Waals surface area (Å²) in [6.45, 7) is 0.958. The van der Waals surface area contributed by atoms with Gasteiger partial charge in [-0.3, -0.25) is 14.5 Å². The predicted molar refractivity (Wildman–Crippen MR) is 110 cm³/mol. The van der Waals surface area contributed by atoms with Crippen LogP contribution in [0.25, 0.3) is 0 Å². The number of rotatable bonds is 7. The number of hydroxylamine groups is 2. The average molecular weight is 486 g/mol. The van der Waals surface area contributed by atoms with Gasteiger partial charge in [0.1, 0.15) is 17.6 Å². The number of amides is 2. The molecule has 9 nitrogen and oxygen atoms in total. The smallest absolute Gasteiger partial charge is 0.414 e. The van der Waals surface area contributed by atoms with Crippen molar-refractivity contribution in [3.8, 4) is 0 Å². The van der Waals surface area contributed by atoms with Gasteiger partial charge in [0, 0.05) is 31.8 Å². The molecule has 1 aromatic heterocycles. The number of halogens is 4. The second-order valence-corrected chi connectivity index (χ2v) is 7.68. The number of furan rings is 1. The van der Waals surface area contributed by atoms with Crippen LogP contribution >= 0.6 is 0 Å². The molecule has 0 bridgehead atoms. The number of alkyl halides is 2. The number of ether oxygens (including phenoxy) is 1. The molecule has 2 amide bonds. The van der Waals surface area contributed by atoms with Crippen molar-refractivity contribution >= 4 is 23.4 Å². The number of benzene rings is 1. The largest absolute Gasteiger partial charge is 0.468 e. The van der Waals surface area contributed by atoms with E-state index in [1.165, 1.54) is 4.90 Å². The van der Waals surface area contributed by atoms with Crippen molar-refractivity contribution in [2.75, 3.05) is 49.1 Å². The van der Waals surface area contributed by atoms with Crippen LogP contribution in [0.3, 0.4) is 0 Å². The van der Waals surface area contributed by atoms with Gasteiger partial charge in [-0.1, -0.05) is 0 Å². The molecule has 34 heavy (non-hydrogen) atoms. The van der Waals surface area contributed by atoms with Crippen molar-refractivity contribution in [3.63, 3.8) is 0 Å². The summed E-state index contributed by atoms with van der Waals surface area (Å²) in [5.74, 6) is -2.56. The number of cyclic esters (lactones) is 1. The zero-order valence-corrected chi connectivity index (χ0v) is 17.9. The third kappa shape index (κ3) is 5.42. The molecule has 0 aliphatic carbocycles. The first-order valence-corrected chi connectivity index (χ1v) is 10.5. The first-order valence-electron chi connectivity index (χ1n) is 10.5. The summed E-state index contributed by atoms with van der Waals surface area (Å²) in [5, 5.41) is 3.59. The van der Waals surface area contributed by atoms with E-state index in [9.17, 15) is 27.2 Å². The van der Waals surface area contributed by atoms with Crippen LogP contribution in [-0.4, -0.2) is 68.9 Å². The molecular formula is C21H22F4N4O5. The molecule has 1 atom stereocenters. The van der Waals surface area contributed by atoms with Crippen LogP contribution < -0.4 is 15.1 Å². The summed E-state index contributed by atoms with van der Waals surface area (Å²) in [7, 11) is 0. The third-order valence-corrected chi connectivity index (χ3v) is 5.37. The summed E-state index contributed by atoms with van der Waals surface area (Å²) in [6, 6.07) is 5.56. The summed E-state index contributed by atoms with van der Waals surface area (Å²) < 4.78 is 64.9. The maximum Gasteiger partial charge on any atom is 0.414 e. The van der Waals surface area contributed by atoms with Crippen LogP contribution in [0.2, 0.25) is 0 Å². The highest BCUT2D eigenvalue weighted by molar-refractivity contribution is 5.90. The number of carbonyl (C=O) groups excluding carboxylic acids is 2. The highest BCUT2D eigenvalue weighted by Gasteiger charge is 2.34. The molecule has 0 spiro atoms. The van der Waals surface area contributed by atoms with Gasteiger partial charge in [0.25, 0.3) is 5.91 Å². The van der Waals surface area contributed by atoms with Crippen LogP contribution in [-0.2, 0) is 20.9 Å². The first-order chi connectivity index (χ1) is 16.3. The molecule has 184 valence electrons. The molecule has 13 heteroatoms. The normalized spacial score (nSPS) is 19.4. The summed E-state index contributed by atoms with van der Waals surface area (Å²) in [4.78, 5) is 31.3. The molecule has 0 unspecified atom stereocenters. The highest BCUT2D eigenvalue weighted by Crippen LogP contribution is 2.31. The van der Waals surface area contributed by atoms with E-state index in [-0.39, 0.29) is 44.2 Å². The van der Waals surface area contributed by atoms with Crippen molar-refractivity contribution in [2.24, 2.45) is 0 Å². The minimum absolute atomic E-state index is 0.0862. The molecule has 2 fully saturated rings. The van der Waals surface area contributed by atoms with E-state index in [2.05, 4.69) is 0 Å². The average Bonchev–Trinajstić information content (AvgIpc) is 3.37. The SMILES string of the molecule is O=C(NC[C@H]1CN(c2cc(F)c(N3CCON(Cc4ccco4)CC3)c(F)c2)C(=O)O1)C(F)F. The van der Waals surface area contributed by atoms with Gasteiger partial charge in [-0.05, 0) is 12.1 Å². The topological polar surface area (TPSA) is 87.5 Å². The van der Waals surface area contributed by atoms with Crippen molar-refractivity contribution in [3.05, 3.63) is 47.9 Å². The van der Waals surface area contributed by atoms with Crippen molar-refractivity contribution in [1.82, 2.24) is 10.4 Å². The lowest BCUT2D eigenvalue weighted by molar-refractivity contribution is -0.157. The molecule has 2 saturated heterocycles. The van der Waals surface area contributed by atoms with Gasteiger partial charge in [-0.2, -0.15) is 13.8 Å². The number of nitrogens with zero attached hydrogens (tertiary/aromatic N) is 3. The first kappa shape index (κ1) is 23.8. The van der Waals surface area contributed by atoms with Crippen LogP contribution in [0.5, 0.6) is 0 Å². The van der Waals surface area contributed by atoms with Crippen LogP contribution in [0.1, 0.15) is 5.76 Å². The highest BCUT2D eigenvalue weighted by atomic mass is 19.3. The lowest BCUT2D eigenvalue weighted by atomic mass is 10.2. The van der Waals surface area contributed by atoms with Gasteiger partial charge in [0.2, 0.25) is 0 Å². The molecule has 3 heterocycles. The Morgan fingerprint density at radius 3 is 2.62 bits per heavy atom. The molecule has 4 rings (SSSR count). The zero-order chi connectivity index (χ0) is 24.2. The molecule has 0 radical (unpaired) electrons. The zero-order valence-electron chi connectivity index (χ0n) is 17.9. The molecule has 2 aliphatic rings. The van der Waals surface area contributed by atoms with Gasteiger partial charge < -0.3 is 19.4 Å². The monoisotopic (exact) mass is 486 g/mol. The maximum atomic E-state index is 15.0. The molecule has 0 saturated carbocycles. The number of hydrogen-bond donors (Lipinski definition) is 1. The van der Waals surface area contributed by atoms with Crippen molar-refractivity contribution in [1.29, 1.82) is 0 Å². The van der Waals surface area contributed by atoms with Crippen molar-refractivity contribution in [2.45, 2.75) is 19.1 Å². The Morgan fingerprint density at radius 1 is 1.18 bits per heavy atom. The maximum absolute atomic E-state index is 15.0. The van der Waals surface area contributed by atoms with E-state index in [1.54, 1.807) is 23.5 Å². The Balaban J connectivity index is 1.41. The number of hydrogen-bond acceptors (Lipinski definition) is 7. The van der Waals surface area contributed by atoms with E-state index >= 15 is 0 Å². The van der Waals surface area contributed by atoms with Gasteiger partial charge in [-0.15, -0.1) is 0 Å². The Bertz CT molecular complexity index is 1000. The van der Waals surface area contributed by atoms with E-state index in [0.717, 1.165) is 17.0 Å². The fourth-order valence-electron chi connectivity index (χ4n) is 3.75. The summed E-state index contributed by atoms with van der Waals surface area (Å²) in [6.07, 6.45) is -3.50. The Morgan fingerprint density at radius 2 is 1.94 bits per heavy atom. The van der Waals surface area contributed by atoms with Crippen LogP contribution in [0, 0.1) is 11.6 Å². The molecule has 1 N–H and O–H groups in total. The van der Waals surface area contributed by atoms with Gasteiger partial charge in [0.15, 0.2) is 11.6 Å². The third-order valence-electron chi connectivity index (χ3n) is 5.37. The fraction of sp³-hybridized carbons (Fsp3) is 0.429. The van der Waals surface area contributed by atoms with E-state index in [0.29, 0.717) is 18.8 Å². The minimum Gasteiger partial charge on any atom is -0.468 e. The Kier molecular flexibility index (Phi) is 7.22. The molecule has 2 aromatic rings. The van der Waals surface area contributed by atoms with Crippen LogP contribution in [0.4, 0.5) is 33.7 Å². The minimum atomic E-state index is -3.20. The number of nitrogens with one attached hydrogen (secondary N) is 1. The van der Waals surface area contributed by atoms with E-state index in [1.807, 2.05) is 5.32 Å². The summed E-state index contributed by atoms with van der Waals surface area (Å²) >= 11 is 0. The molecule has 2 aliphatic heterocycles. The second kappa shape index (κ2) is 10.3. The van der Waals surface area contributed by atoms with Crippen molar-refractivity contribution < 1.29 is 41.1 Å². The summed E-state index contributed by atoms with van der Waals surface area (Å²) in [5.41, 5.74) is -0.336. The quantitative estimate of drug-likeness (QED) is 0.602. The lowest BCUT2D eigenvalue weighted by Gasteiger charge is -2.24. The second-order valence-electron chi connectivity index (χ2n) is 7.68. The fourth-order valence-corrected chi connectivity index (χ4v) is 3.75. The predicted octanol–water partition coefficient (Wildman–Crippen LogP) is 2.52. The molecule has 1 aromatic carbocycles. The Hall–Kier alpha value is -3.32. The number of anilines is 2.